The first kappa shape index (κ1) is 14.7. The molecule has 21 heavy (non-hydrogen) atoms. The van der Waals surface area contributed by atoms with Crippen molar-refractivity contribution in [2.24, 2.45) is 5.41 Å². The molecule has 0 unspecified atom stereocenters. The number of likely N-dealkylation sites (tertiary alicyclic amines) is 2. The van der Waals surface area contributed by atoms with Gasteiger partial charge < -0.3 is 14.9 Å². The number of phenols is 1. The minimum atomic E-state index is -0.0834. The Hall–Kier alpha value is -1.26. The molecule has 0 saturated carbocycles. The Morgan fingerprint density at radius 1 is 1.24 bits per heavy atom. The number of aromatic hydroxyl groups is 1. The van der Waals surface area contributed by atoms with Gasteiger partial charge in [0, 0.05) is 18.1 Å². The van der Waals surface area contributed by atoms with E-state index in [4.69, 9.17) is 11.6 Å². The van der Waals surface area contributed by atoms with Crippen LogP contribution in [0.15, 0.2) is 18.2 Å². The van der Waals surface area contributed by atoms with Crippen LogP contribution in [0.3, 0.4) is 0 Å². The molecule has 0 radical (unpaired) electrons. The number of amides is 1. The number of rotatable bonds is 1. The van der Waals surface area contributed by atoms with E-state index in [1.165, 1.54) is 6.07 Å². The summed E-state index contributed by atoms with van der Waals surface area (Å²) in [4.78, 5) is 16.8. The number of nitrogens with zero attached hydrogens (tertiary/aromatic N) is 2. The summed E-state index contributed by atoms with van der Waals surface area (Å²) in [6.45, 7) is 3.80. The van der Waals surface area contributed by atoms with Crippen LogP contribution in [-0.2, 0) is 0 Å². The molecule has 4 nitrogen and oxygen atoms in total. The fourth-order valence-electron chi connectivity index (χ4n) is 3.47. The Morgan fingerprint density at radius 3 is 2.57 bits per heavy atom. The molecule has 1 spiro atoms. The minimum absolute atomic E-state index is 0.0307. The Kier molecular flexibility index (Phi) is 3.84. The predicted molar refractivity (Wildman–Crippen MR) is 82.8 cm³/mol. The molecule has 1 aromatic rings. The standard InChI is InChI=1S/C16H21ClN2O2/c1-18-7-4-16(5-8-18)6-9-19(11-16)15(21)13-3-2-12(17)10-14(13)20/h2-3,10,20H,4-9,11H2,1H3. The molecule has 2 aliphatic rings. The summed E-state index contributed by atoms with van der Waals surface area (Å²) in [6, 6.07) is 4.69. The molecule has 0 aliphatic carbocycles. The molecule has 0 atom stereocenters. The molecule has 1 N–H and O–H groups in total. The van der Waals surface area contributed by atoms with Crippen LogP contribution in [0, 0.1) is 5.41 Å². The molecule has 3 rings (SSSR count). The van der Waals surface area contributed by atoms with Crippen LogP contribution in [0.25, 0.3) is 0 Å². The summed E-state index contributed by atoms with van der Waals surface area (Å²) in [7, 11) is 2.15. The van der Waals surface area contributed by atoms with Gasteiger partial charge in [-0.05, 0) is 63.0 Å². The van der Waals surface area contributed by atoms with E-state index >= 15 is 0 Å². The van der Waals surface area contributed by atoms with E-state index in [1.54, 1.807) is 12.1 Å². The number of carbonyl (C=O) groups excluding carboxylic acids is 1. The first-order chi connectivity index (χ1) is 9.99. The first-order valence-corrected chi connectivity index (χ1v) is 7.83. The number of carbonyl (C=O) groups is 1. The predicted octanol–water partition coefficient (Wildman–Crippen LogP) is 2.60. The van der Waals surface area contributed by atoms with E-state index in [-0.39, 0.29) is 17.1 Å². The van der Waals surface area contributed by atoms with Crippen LogP contribution in [0.2, 0.25) is 5.02 Å². The maximum absolute atomic E-state index is 12.6. The van der Waals surface area contributed by atoms with Gasteiger partial charge in [-0.3, -0.25) is 4.79 Å². The molecule has 5 heteroatoms. The van der Waals surface area contributed by atoms with Crippen LogP contribution in [0.1, 0.15) is 29.6 Å². The molecule has 0 aromatic heterocycles. The zero-order valence-electron chi connectivity index (χ0n) is 12.3. The van der Waals surface area contributed by atoms with E-state index in [2.05, 4.69) is 11.9 Å². The number of halogens is 1. The lowest BCUT2D eigenvalue weighted by Crippen LogP contribution is -2.40. The van der Waals surface area contributed by atoms with Crippen molar-refractivity contribution in [2.45, 2.75) is 19.3 Å². The third-order valence-corrected chi connectivity index (χ3v) is 5.20. The molecule has 0 bridgehead atoms. The van der Waals surface area contributed by atoms with Crippen molar-refractivity contribution < 1.29 is 9.90 Å². The fraction of sp³-hybridized carbons (Fsp3) is 0.562. The Bertz CT molecular complexity index is 553. The van der Waals surface area contributed by atoms with Gasteiger partial charge in [0.2, 0.25) is 0 Å². The molecule has 1 amide bonds. The topological polar surface area (TPSA) is 43.8 Å². The Balaban J connectivity index is 1.72. The number of benzene rings is 1. The van der Waals surface area contributed by atoms with Crippen molar-refractivity contribution in [1.29, 1.82) is 0 Å². The summed E-state index contributed by atoms with van der Waals surface area (Å²) in [5.41, 5.74) is 0.633. The highest BCUT2D eigenvalue weighted by Crippen LogP contribution is 2.40. The van der Waals surface area contributed by atoms with Gasteiger partial charge in [-0.25, -0.2) is 0 Å². The molecule has 2 heterocycles. The van der Waals surface area contributed by atoms with Crippen molar-refractivity contribution in [3.63, 3.8) is 0 Å². The summed E-state index contributed by atoms with van der Waals surface area (Å²) < 4.78 is 0. The smallest absolute Gasteiger partial charge is 0.257 e. The van der Waals surface area contributed by atoms with Crippen LogP contribution < -0.4 is 0 Å². The lowest BCUT2D eigenvalue weighted by molar-refractivity contribution is 0.0734. The van der Waals surface area contributed by atoms with Crippen molar-refractivity contribution >= 4 is 17.5 Å². The highest BCUT2D eigenvalue weighted by molar-refractivity contribution is 6.30. The molecule has 2 aliphatic heterocycles. The van der Waals surface area contributed by atoms with Crippen molar-refractivity contribution in [1.82, 2.24) is 9.80 Å². The van der Waals surface area contributed by atoms with Gasteiger partial charge in [-0.1, -0.05) is 11.6 Å². The average molecular weight is 309 g/mol. The SMILES string of the molecule is CN1CCC2(CC1)CCN(C(=O)c1ccc(Cl)cc1O)C2. The van der Waals surface area contributed by atoms with Gasteiger partial charge in [0.05, 0.1) is 5.56 Å². The van der Waals surface area contributed by atoms with Crippen LogP contribution >= 0.6 is 11.6 Å². The van der Waals surface area contributed by atoms with Crippen molar-refractivity contribution in [2.75, 3.05) is 33.2 Å². The third kappa shape index (κ3) is 2.87. The monoisotopic (exact) mass is 308 g/mol. The minimum Gasteiger partial charge on any atom is -0.507 e. The van der Waals surface area contributed by atoms with E-state index in [0.29, 0.717) is 10.6 Å². The lowest BCUT2D eigenvalue weighted by Gasteiger charge is -2.37. The number of hydrogen-bond donors (Lipinski definition) is 1. The first-order valence-electron chi connectivity index (χ1n) is 7.45. The molecular formula is C16H21ClN2O2. The molecule has 114 valence electrons. The highest BCUT2D eigenvalue weighted by Gasteiger charge is 2.41. The van der Waals surface area contributed by atoms with Gasteiger partial charge in [-0.15, -0.1) is 0 Å². The summed E-state index contributed by atoms with van der Waals surface area (Å²) in [5.74, 6) is -0.114. The Labute approximate surface area is 130 Å². The summed E-state index contributed by atoms with van der Waals surface area (Å²) >= 11 is 5.82. The Morgan fingerprint density at radius 2 is 1.90 bits per heavy atom. The zero-order valence-corrected chi connectivity index (χ0v) is 13.1. The van der Waals surface area contributed by atoms with E-state index < -0.39 is 0 Å². The summed E-state index contributed by atoms with van der Waals surface area (Å²) in [5, 5.41) is 10.4. The van der Waals surface area contributed by atoms with Crippen LogP contribution in [-0.4, -0.2) is 54.0 Å². The van der Waals surface area contributed by atoms with E-state index in [9.17, 15) is 9.90 Å². The van der Waals surface area contributed by atoms with Gasteiger partial charge in [0.1, 0.15) is 5.75 Å². The maximum atomic E-state index is 12.6. The number of phenolic OH excluding ortho intramolecular Hbond substituents is 1. The second-order valence-electron chi connectivity index (χ2n) is 6.44. The van der Waals surface area contributed by atoms with Gasteiger partial charge in [0.15, 0.2) is 0 Å². The molecular weight excluding hydrogens is 288 g/mol. The zero-order chi connectivity index (χ0) is 15.0. The summed E-state index contributed by atoms with van der Waals surface area (Å²) in [6.07, 6.45) is 3.38. The van der Waals surface area contributed by atoms with Crippen molar-refractivity contribution in [3.8, 4) is 5.75 Å². The lowest BCUT2D eigenvalue weighted by atomic mass is 9.78. The van der Waals surface area contributed by atoms with Gasteiger partial charge in [0.25, 0.3) is 5.91 Å². The number of hydrogen-bond acceptors (Lipinski definition) is 3. The highest BCUT2D eigenvalue weighted by atomic mass is 35.5. The van der Waals surface area contributed by atoms with Gasteiger partial charge >= 0.3 is 0 Å². The van der Waals surface area contributed by atoms with Crippen LogP contribution in [0.5, 0.6) is 5.75 Å². The maximum Gasteiger partial charge on any atom is 0.257 e. The second-order valence-corrected chi connectivity index (χ2v) is 6.88. The molecule has 2 saturated heterocycles. The van der Waals surface area contributed by atoms with Crippen molar-refractivity contribution in [3.05, 3.63) is 28.8 Å². The van der Waals surface area contributed by atoms with E-state index in [0.717, 1.165) is 45.4 Å². The van der Waals surface area contributed by atoms with Gasteiger partial charge in [-0.2, -0.15) is 0 Å². The fourth-order valence-corrected chi connectivity index (χ4v) is 3.63. The van der Waals surface area contributed by atoms with Crippen LogP contribution in [0.4, 0.5) is 0 Å². The molecule has 1 aromatic carbocycles. The third-order valence-electron chi connectivity index (χ3n) is 4.96. The molecule has 2 fully saturated rings. The number of piperidine rings is 1. The normalized spacial score (nSPS) is 21.9. The largest absolute Gasteiger partial charge is 0.507 e. The second kappa shape index (κ2) is 5.50. The quantitative estimate of drug-likeness (QED) is 0.867. The van der Waals surface area contributed by atoms with E-state index in [1.807, 2.05) is 4.90 Å². The average Bonchev–Trinajstić information content (AvgIpc) is 2.86.